The fourth-order valence-electron chi connectivity index (χ4n) is 1.26. The molecule has 0 saturated carbocycles. The van der Waals surface area contributed by atoms with Gasteiger partial charge in [-0.25, -0.2) is 0 Å². The van der Waals surface area contributed by atoms with Crippen molar-refractivity contribution in [2.45, 2.75) is 6.29 Å². The second-order valence-corrected chi connectivity index (χ2v) is 3.92. The molecule has 0 amide bonds. The molecule has 14 heavy (non-hydrogen) atoms. The summed E-state index contributed by atoms with van der Waals surface area (Å²) in [6, 6.07) is 11.3. The molecule has 1 heterocycles. The van der Waals surface area contributed by atoms with Crippen molar-refractivity contribution in [3.8, 4) is 10.4 Å². The Kier molecular flexibility index (Phi) is 2.63. The summed E-state index contributed by atoms with van der Waals surface area (Å²) < 4.78 is 0. The van der Waals surface area contributed by atoms with E-state index in [1.165, 1.54) is 4.88 Å². The number of rotatable bonds is 2. The van der Waals surface area contributed by atoms with E-state index in [4.69, 9.17) is 10.2 Å². The van der Waals surface area contributed by atoms with Gasteiger partial charge in [0.2, 0.25) is 0 Å². The highest BCUT2D eigenvalue weighted by Gasteiger charge is 2.02. The van der Waals surface area contributed by atoms with Crippen molar-refractivity contribution < 1.29 is 10.2 Å². The monoisotopic (exact) mass is 206 g/mol. The van der Waals surface area contributed by atoms with Crippen molar-refractivity contribution >= 4 is 11.3 Å². The van der Waals surface area contributed by atoms with E-state index in [9.17, 15) is 0 Å². The smallest absolute Gasteiger partial charge is 0.178 e. The van der Waals surface area contributed by atoms with Gasteiger partial charge in [-0.2, -0.15) is 0 Å². The Labute approximate surface area is 86.1 Å². The van der Waals surface area contributed by atoms with E-state index in [1.807, 2.05) is 29.6 Å². The summed E-state index contributed by atoms with van der Waals surface area (Å²) in [6.07, 6.45) is -1.38. The highest BCUT2D eigenvalue weighted by Crippen LogP contribution is 2.25. The lowest BCUT2D eigenvalue weighted by molar-refractivity contribution is -0.0424. The topological polar surface area (TPSA) is 40.5 Å². The van der Waals surface area contributed by atoms with Crippen LogP contribution in [0.5, 0.6) is 0 Å². The third-order valence-corrected chi connectivity index (χ3v) is 2.93. The standard InChI is InChI=1S/C11H10O2S/c12-11(13)9-5-3-8(4-6-9)10-2-1-7-14-10/h1-7,11-13H. The minimum Gasteiger partial charge on any atom is -0.364 e. The van der Waals surface area contributed by atoms with Gasteiger partial charge in [0.1, 0.15) is 0 Å². The second-order valence-electron chi connectivity index (χ2n) is 2.97. The van der Waals surface area contributed by atoms with Crippen molar-refractivity contribution in [3.63, 3.8) is 0 Å². The lowest BCUT2D eigenvalue weighted by Gasteiger charge is -2.03. The molecule has 0 fully saturated rings. The van der Waals surface area contributed by atoms with Gasteiger partial charge in [-0.15, -0.1) is 11.3 Å². The van der Waals surface area contributed by atoms with Crippen molar-refractivity contribution in [1.82, 2.24) is 0 Å². The Morgan fingerprint density at radius 2 is 1.71 bits per heavy atom. The van der Waals surface area contributed by atoms with Crippen LogP contribution in [0.15, 0.2) is 41.8 Å². The van der Waals surface area contributed by atoms with E-state index in [0.717, 1.165) is 5.56 Å². The van der Waals surface area contributed by atoms with Crippen LogP contribution in [0.3, 0.4) is 0 Å². The summed E-state index contributed by atoms with van der Waals surface area (Å²) >= 11 is 1.67. The Morgan fingerprint density at radius 1 is 1.00 bits per heavy atom. The molecule has 2 nitrogen and oxygen atoms in total. The summed E-state index contributed by atoms with van der Waals surface area (Å²) in [5.41, 5.74) is 1.62. The van der Waals surface area contributed by atoms with Gasteiger partial charge >= 0.3 is 0 Å². The molecule has 0 radical (unpaired) electrons. The van der Waals surface area contributed by atoms with Gasteiger partial charge in [0.25, 0.3) is 0 Å². The minimum atomic E-state index is -1.38. The van der Waals surface area contributed by atoms with Crippen LogP contribution in [0.4, 0.5) is 0 Å². The summed E-state index contributed by atoms with van der Waals surface area (Å²) in [5, 5.41) is 19.8. The minimum absolute atomic E-state index is 0.519. The molecule has 0 bridgehead atoms. The normalized spacial score (nSPS) is 10.8. The molecule has 72 valence electrons. The molecule has 2 N–H and O–H groups in total. The quantitative estimate of drug-likeness (QED) is 0.741. The van der Waals surface area contributed by atoms with Crippen molar-refractivity contribution in [2.24, 2.45) is 0 Å². The van der Waals surface area contributed by atoms with Gasteiger partial charge in [0, 0.05) is 10.4 Å². The first-order valence-electron chi connectivity index (χ1n) is 4.27. The Balaban J connectivity index is 2.31. The van der Waals surface area contributed by atoms with Crippen LogP contribution in [0, 0.1) is 0 Å². The zero-order valence-electron chi connectivity index (χ0n) is 7.42. The summed E-state index contributed by atoms with van der Waals surface area (Å²) in [6.45, 7) is 0. The first-order chi connectivity index (χ1) is 6.77. The third kappa shape index (κ3) is 1.85. The molecule has 2 aromatic rings. The van der Waals surface area contributed by atoms with Gasteiger partial charge < -0.3 is 10.2 Å². The van der Waals surface area contributed by atoms with Gasteiger partial charge in [0.15, 0.2) is 6.29 Å². The molecule has 0 spiro atoms. The second kappa shape index (κ2) is 3.92. The lowest BCUT2D eigenvalue weighted by atomic mass is 10.1. The van der Waals surface area contributed by atoms with E-state index in [0.29, 0.717) is 5.56 Å². The fourth-order valence-corrected chi connectivity index (χ4v) is 2.00. The maximum absolute atomic E-state index is 8.90. The number of hydrogen-bond acceptors (Lipinski definition) is 3. The number of aliphatic hydroxyl groups excluding tert-OH is 1. The van der Waals surface area contributed by atoms with Crippen molar-refractivity contribution in [2.75, 3.05) is 0 Å². The average molecular weight is 206 g/mol. The van der Waals surface area contributed by atoms with Crippen molar-refractivity contribution in [3.05, 3.63) is 47.3 Å². The zero-order chi connectivity index (χ0) is 9.97. The fraction of sp³-hybridized carbons (Fsp3) is 0.0909. The van der Waals surface area contributed by atoms with Gasteiger partial charge in [-0.05, 0) is 17.0 Å². The van der Waals surface area contributed by atoms with E-state index >= 15 is 0 Å². The highest BCUT2D eigenvalue weighted by atomic mass is 32.1. The van der Waals surface area contributed by atoms with Crippen LogP contribution < -0.4 is 0 Å². The summed E-state index contributed by atoms with van der Waals surface area (Å²) in [4.78, 5) is 1.18. The highest BCUT2D eigenvalue weighted by molar-refractivity contribution is 7.13. The Bertz CT molecular complexity index is 390. The number of hydrogen-bond donors (Lipinski definition) is 2. The summed E-state index contributed by atoms with van der Waals surface area (Å²) in [7, 11) is 0. The van der Waals surface area contributed by atoms with Gasteiger partial charge in [-0.3, -0.25) is 0 Å². The Hall–Kier alpha value is -1.16. The number of benzene rings is 1. The Morgan fingerprint density at radius 3 is 2.21 bits per heavy atom. The molecule has 0 aliphatic carbocycles. The predicted molar refractivity (Wildman–Crippen MR) is 56.9 cm³/mol. The molecular formula is C11H10O2S. The predicted octanol–water partition coefficient (Wildman–Crippen LogP) is 2.40. The lowest BCUT2D eigenvalue weighted by Crippen LogP contribution is -1.93. The number of thiophene rings is 1. The van der Waals surface area contributed by atoms with Crippen LogP contribution in [-0.2, 0) is 0 Å². The maximum Gasteiger partial charge on any atom is 0.178 e. The SMILES string of the molecule is OC(O)c1ccc(-c2cccs2)cc1. The largest absolute Gasteiger partial charge is 0.364 e. The zero-order valence-corrected chi connectivity index (χ0v) is 8.24. The molecule has 0 aliphatic heterocycles. The third-order valence-electron chi connectivity index (χ3n) is 2.01. The molecule has 0 aliphatic rings. The number of aliphatic hydroxyl groups is 2. The van der Waals surface area contributed by atoms with E-state index in [1.54, 1.807) is 23.5 Å². The molecule has 1 aromatic heterocycles. The van der Waals surface area contributed by atoms with Crippen LogP contribution in [0.2, 0.25) is 0 Å². The molecule has 0 unspecified atom stereocenters. The first kappa shape index (κ1) is 9.40. The molecule has 3 heteroatoms. The van der Waals surface area contributed by atoms with Gasteiger partial charge in [-0.1, -0.05) is 30.3 Å². The van der Waals surface area contributed by atoms with E-state index in [2.05, 4.69) is 0 Å². The van der Waals surface area contributed by atoms with Gasteiger partial charge in [0.05, 0.1) is 0 Å². The molecular weight excluding hydrogens is 196 g/mol. The molecule has 2 rings (SSSR count). The van der Waals surface area contributed by atoms with Crippen LogP contribution in [0.25, 0.3) is 10.4 Å². The van der Waals surface area contributed by atoms with E-state index < -0.39 is 6.29 Å². The summed E-state index contributed by atoms with van der Waals surface area (Å²) in [5.74, 6) is 0. The molecule has 0 atom stereocenters. The van der Waals surface area contributed by atoms with Crippen molar-refractivity contribution in [1.29, 1.82) is 0 Å². The van der Waals surface area contributed by atoms with Crippen LogP contribution >= 0.6 is 11.3 Å². The van der Waals surface area contributed by atoms with Crippen LogP contribution in [0.1, 0.15) is 11.9 Å². The first-order valence-corrected chi connectivity index (χ1v) is 5.15. The molecule has 0 saturated heterocycles. The van der Waals surface area contributed by atoms with E-state index in [-0.39, 0.29) is 0 Å². The maximum atomic E-state index is 8.90. The van der Waals surface area contributed by atoms with Crippen LogP contribution in [-0.4, -0.2) is 10.2 Å². The average Bonchev–Trinajstić information content (AvgIpc) is 2.71. The molecule has 1 aromatic carbocycles.